The van der Waals surface area contributed by atoms with Crippen LogP contribution in [0.1, 0.15) is 43.5 Å². The number of nitrogens with one attached hydrogen (secondary N) is 1. The van der Waals surface area contributed by atoms with E-state index in [0.29, 0.717) is 5.82 Å². The quantitative estimate of drug-likeness (QED) is 0.773. The lowest BCUT2D eigenvalue weighted by molar-refractivity contribution is 0.0697. The van der Waals surface area contributed by atoms with Gasteiger partial charge >= 0.3 is 5.97 Å². The number of aromatic nitrogens is 2. The van der Waals surface area contributed by atoms with Crippen molar-refractivity contribution >= 4 is 11.8 Å². The van der Waals surface area contributed by atoms with E-state index in [-0.39, 0.29) is 11.6 Å². The number of carboxylic acid groups (broad SMARTS) is 1. The SMILES string of the molecule is CCCCC(C)Nc1nnccc1C(=O)O. The van der Waals surface area contributed by atoms with Crippen molar-refractivity contribution < 1.29 is 9.90 Å². The molecule has 0 saturated carbocycles. The molecule has 0 aliphatic carbocycles. The number of hydrogen-bond donors (Lipinski definition) is 2. The summed E-state index contributed by atoms with van der Waals surface area (Å²) in [6.07, 6.45) is 4.60. The van der Waals surface area contributed by atoms with Crippen LogP contribution in [-0.4, -0.2) is 27.3 Å². The Morgan fingerprint density at radius 2 is 2.38 bits per heavy atom. The van der Waals surface area contributed by atoms with Gasteiger partial charge in [0.15, 0.2) is 5.82 Å². The van der Waals surface area contributed by atoms with Gasteiger partial charge in [-0.3, -0.25) is 0 Å². The Labute approximate surface area is 94.9 Å². The van der Waals surface area contributed by atoms with Gasteiger partial charge in [-0.1, -0.05) is 19.8 Å². The molecule has 0 radical (unpaired) electrons. The minimum atomic E-state index is -0.986. The molecular weight excluding hydrogens is 206 g/mol. The van der Waals surface area contributed by atoms with Gasteiger partial charge in [-0.15, -0.1) is 5.10 Å². The van der Waals surface area contributed by atoms with Gasteiger partial charge < -0.3 is 10.4 Å². The number of anilines is 1. The highest BCUT2D eigenvalue weighted by atomic mass is 16.4. The van der Waals surface area contributed by atoms with Gasteiger partial charge in [0.2, 0.25) is 0 Å². The highest BCUT2D eigenvalue weighted by Crippen LogP contribution is 2.13. The first-order valence-electron chi connectivity index (χ1n) is 5.46. The van der Waals surface area contributed by atoms with Crippen LogP contribution in [0, 0.1) is 0 Å². The fourth-order valence-corrected chi connectivity index (χ4v) is 1.43. The molecule has 0 aliphatic heterocycles. The number of carboxylic acids is 1. The van der Waals surface area contributed by atoms with E-state index in [1.807, 2.05) is 6.92 Å². The molecule has 1 unspecified atom stereocenters. The standard InChI is InChI=1S/C11H17N3O2/c1-3-4-5-8(2)13-10-9(11(15)16)6-7-12-14-10/h6-8H,3-5H2,1-2H3,(H,13,14)(H,15,16). The van der Waals surface area contributed by atoms with Crippen LogP contribution in [0.5, 0.6) is 0 Å². The zero-order chi connectivity index (χ0) is 12.0. The summed E-state index contributed by atoms with van der Waals surface area (Å²) in [6, 6.07) is 1.65. The Morgan fingerprint density at radius 1 is 1.62 bits per heavy atom. The predicted molar refractivity (Wildman–Crippen MR) is 61.6 cm³/mol. The third kappa shape index (κ3) is 3.49. The number of rotatable bonds is 6. The van der Waals surface area contributed by atoms with Crippen molar-refractivity contribution in [3.63, 3.8) is 0 Å². The predicted octanol–water partition coefficient (Wildman–Crippen LogP) is 2.17. The summed E-state index contributed by atoms with van der Waals surface area (Å²) in [5.74, 6) is -0.640. The van der Waals surface area contributed by atoms with Gasteiger partial charge in [-0.2, -0.15) is 5.10 Å². The molecule has 5 nitrogen and oxygen atoms in total. The fraction of sp³-hybridized carbons (Fsp3) is 0.545. The maximum Gasteiger partial charge on any atom is 0.339 e. The van der Waals surface area contributed by atoms with Gasteiger partial charge in [-0.25, -0.2) is 4.79 Å². The van der Waals surface area contributed by atoms with Gasteiger partial charge in [0.25, 0.3) is 0 Å². The summed E-state index contributed by atoms with van der Waals surface area (Å²) in [5, 5.41) is 19.5. The van der Waals surface area contributed by atoms with E-state index >= 15 is 0 Å². The Balaban J connectivity index is 2.69. The molecule has 5 heteroatoms. The van der Waals surface area contributed by atoms with E-state index in [9.17, 15) is 4.79 Å². The fourth-order valence-electron chi connectivity index (χ4n) is 1.43. The molecule has 0 fully saturated rings. The highest BCUT2D eigenvalue weighted by Gasteiger charge is 2.12. The molecule has 1 heterocycles. The van der Waals surface area contributed by atoms with Crippen molar-refractivity contribution in [1.29, 1.82) is 0 Å². The summed E-state index contributed by atoms with van der Waals surface area (Å²) in [4.78, 5) is 10.9. The Morgan fingerprint density at radius 3 is 3.00 bits per heavy atom. The maximum absolute atomic E-state index is 10.9. The number of aromatic carboxylic acids is 1. The molecule has 0 aliphatic rings. The molecule has 88 valence electrons. The molecule has 1 rings (SSSR count). The Bertz CT molecular complexity index is 355. The lowest BCUT2D eigenvalue weighted by Gasteiger charge is -2.14. The molecule has 0 spiro atoms. The van der Waals surface area contributed by atoms with E-state index in [4.69, 9.17) is 5.11 Å². The van der Waals surface area contributed by atoms with Crippen molar-refractivity contribution in [2.45, 2.75) is 39.2 Å². The Hall–Kier alpha value is -1.65. The topological polar surface area (TPSA) is 75.1 Å². The smallest absolute Gasteiger partial charge is 0.339 e. The van der Waals surface area contributed by atoms with E-state index in [1.165, 1.54) is 12.3 Å². The molecule has 2 N–H and O–H groups in total. The third-order valence-corrected chi connectivity index (χ3v) is 2.32. The molecule has 0 amide bonds. The molecule has 1 aromatic heterocycles. The average Bonchev–Trinajstić information content (AvgIpc) is 2.27. The lowest BCUT2D eigenvalue weighted by atomic mass is 10.1. The van der Waals surface area contributed by atoms with Gasteiger partial charge in [0.05, 0.1) is 6.20 Å². The van der Waals surface area contributed by atoms with Crippen LogP contribution in [0.25, 0.3) is 0 Å². The lowest BCUT2D eigenvalue weighted by Crippen LogP contribution is -2.18. The zero-order valence-electron chi connectivity index (χ0n) is 9.60. The minimum Gasteiger partial charge on any atom is -0.478 e. The maximum atomic E-state index is 10.9. The van der Waals surface area contributed by atoms with Crippen LogP contribution in [-0.2, 0) is 0 Å². The molecular formula is C11H17N3O2. The van der Waals surface area contributed by atoms with Crippen molar-refractivity contribution in [2.24, 2.45) is 0 Å². The molecule has 1 atom stereocenters. The van der Waals surface area contributed by atoms with Crippen molar-refractivity contribution in [2.75, 3.05) is 5.32 Å². The second kappa shape index (κ2) is 6.05. The zero-order valence-corrected chi connectivity index (χ0v) is 9.60. The normalized spacial score (nSPS) is 12.1. The van der Waals surface area contributed by atoms with E-state index < -0.39 is 5.97 Å². The van der Waals surface area contributed by atoms with E-state index in [2.05, 4.69) is 22.4 Å². The molecule has 1 aromatic rings. The summed E-state index contributed by atoms with van der Waals surface area (Å²) in [5.41, 5.74) is 0.165. The molecule has 16 heavy (non-hydrogen) atoms. The second-order valence-corrected chi connectivity index (χ2v) is 3.79. The van der Waals surface area contributed by atoms with Crippen LogP contribution < -0.4 is 5.32 Å². The third-order valence-electron chi connectivity index (χ3n) is 2.32. The van der Waals surface area contributed by atoms with E-state index in [1.54, 1.807) is 0 Å². The summed E-state index contributed by atoms with van der Waals surface area (Å²) in [6.45, 7) is 4.13. The monoisotopic (exact) mass is 223 g/mol. The first kappa shape index (κ1) is 12.4. The van der Waals surface area contributed by atoms with Gasteiger partial charge in [0.1, 0.15) is 5.56 Å². The minimum absolute atomic E-state index is 0.165. The molecule has 0 bridgehead atoms. The second-order valence-electron chi connectivity index (χ2n) is 3.79. The van der Waals surface area contributed by atoms with Crippen LogP contribution in [0.2, 0.25) is 0 Å². The number of carbonyl (C=O) groups is 1. The highest BCUT2D eigenvalue weighted by molar-refractivity contribution is 5.92. The largest absolute Gasteiger partial charge is 0.478 e. The van der Waals surface area contributed by atoms with Crippen LogP contribution in [0.15, 0.2) is 12.3 Å². The summed E-state index contributed by atoms with van der Waals surface area (Å²) < 4.78 is 0. The van der Waals surface area contributed by atoms with Crippen LogP contribution in [0.3, 0.4) is 0 Å². The van der Waals surface area contributed by atoms with E-state index in [0.717, 1.165) is 19.3 Å². The van der Waals surface area contributed by atoms with Crippen LogP contribution in [0.4, 0.5) is 5.82 Å². The van der Waals surface area contributed by atoms with Crippen molar-refractivity contribution in [3.8, 4) is 0 Å². The number of hydrogen-bond acceptors (Lipinski definition) is 4. The Kier molecular flexibility index (Phi) is 4.69. The summed E-state index contributed by atoms with van der Waals surface area (Å²) >= 11 is 0. The number of nitrogens with zero attached hydrogens (tertiary/aromatic N) is 2. The molecule has 0 saturated heterocycles. The summed E-state index contributed by atoms with van der Waals surface area (Å²) in [7, 11) is 0. The van der Waals surface area contributed by atoms with Crippen molar-refractivity contribution in [3.05, 3.63) is 17.8 Å². The average molecular weight is 223 g/mol. The number of unbranched alkanes of at least 4 members (excludes halogenated alkanes) is 1. The van der Waals surface area contributed by atoms with Gasteiger partial charge in [0, 0.05) is 6.04 Å². The first-order chi connectivity index (χ1) is 7.65. The van der Waals surface area contributed by atoms with Crippen molar-refractivity contribution in [1.82, 2.24) is 10.2 Å². The van der Waals surface area contributed by atoms with Crippen LogP contribution >= 0.6 is 0 Å². The van der Waals surface area contributed by atoms with Gasteiger partial charge in [-0.05, 0) is 19.4 Å². The molecule has 0 aromatic carbocycles. The first-order valence-corrected chi connectivity index (χ1v) is 5.46.